The Balaban J connectivity index is 2.19. The van der Waals surface area contributed by atoms with Gasteiger partial charge in [0.05, 0.1) is 5.69 Å². The van der Waals surface area contributed by atoms with Crippen molar-refractivity contribution in [2.75, 3.05) is 0 Å². The molecule has 0 aliphatic carbocycles. The minimum atomic E-state index is 0.284. The second-order valence-corrected chi connectivity index (χ2v) is 3.06. The van der Waals surface area contributed by atoms with Crippen molar-refractivity contribution in [1.82, 2.24) is 10.2 Å². The molecule has 1 heterocycles. The number of phenols is 1. The Morgan fingerprint density at radius 2 is 2.07 bits per heavy atom. The maximum Gasteiger partial charge on any atom is 0.115 e. The molecule has 14 heavy (non-hydrogen) atoms. The zero-order chi connectivity index (χ0) is 9.80. The van der Waals surface area contributed by atoms with Gasteiger partial charge >= 0.3 is 0 Å². The highest BCUT2D eigenvalue weighted by Crippen LogP contribution is 2.13. The van der Waals surface area contributed by atoms with Crippen LogP contribution in [0.4, 0.5) is 0 Å². The second kappa shape index (κ2) is 3.87. The van der Waals surface area contributed by atoms with E-state index in [4.69, 9.17) is 0 Å². The summed E-state index contributed by atoms with van der Waals surface area (Å²) in [6.07, 6.45) is 2.34. The Bertz CT molecular complexity index is 415. The van der Waals surface area contributed by atoms with Crippen molar-refractivity contribution in [2.45, 2.75) is 6.42 Å². The summed E-state index contributed by atoms with van der Waals surface area (Å²) in [4.78, 5) is 0. The lowest BCUT2D eigenvalue weighted by atomic mass is 10.1. The number of hydrogen-bond donors (Lipinski definition) is 1. The molecule has 2 rings (SSSR count). The van der Waals surface area contributed by atoms with Gasteiger partial charge in [0.15, 0.2) is 0 Å². The van der Waals surface area contributed by atoms with Gasteiger partial charge in [0.25, 0.3) is 0 Å². The molecular weight excluding hydrogens is 176 g/mol. The fourth-order valence-corrected chi connectivity index (χ4v) is 1.30. The van der Waals surface area contributed by atoms with Crippen LogP contribution in [0.25, 0.3) is 0 Å². The average molecular weight is 186 g/mol. The summed E-state index contributed by atoms with van der Waals surface area (Å²) >= 11 is 0. The van der Waals surface area contributed by atoms with Crippen LogP contribution in [-0.4, -0.2) is 15.3 Å². The molecule has 0 saturated heterocycles. The number of aromatic nitrogens is 2. The highest BCUT2D eigenvalue weighted by Gasteiger charge is 1.97. The van der Waals surface area contributed by atoms with E-state index in [1.165, 1.54) is 0 Å². The standard InChI is InChI=1S/C11H10N2O/c14-11-5-1-3-9(8-11)7-10-4-2-6-12-13-10/h1-6,8,14H,7H2. The van der Waals surface area contributed by atoms with E-state index in [1.807, 2.05) is 24.3 Å². The van der Waals surface area contributed by atoms with Crippen LogP contribution in [-0.2, 0) is 6.42 Å². The Hall–Kier alpha value is -1.90. The van der Waals surface area contributed by atoms with Gasteiger partial charge in [0.1, 0.15) is 5.75 Å². The molecule has 70 valence electrons. The lowest BCUT2D eigenvalue weighted by Crippen LogP contribution is -1.92. The lowest BCUT2D eigenvalue weighted by molar-refractivity contribution is 0.474. The molecule has 0 radical (unpaired) electrons. The minimum absolute atomic E-state index is 0.284. The van der Waals surface area contributed by atoms with E-state index in [0.717, 1.165) is 11.3 Å². The molecule has 2 aromatic rings. The van der Waals surface area contributed by atoms with E-state index in [-0.39, 0.29) is 5.75 Å². The molecule has 0 fully saturated rings. The van der Waals surface area contributed by atoms with E-state index in [9.17, 15) is 5.11 Å². The van der Waals surface area contributed by atoms with Gasteiger partial charge in [-0.05, 0) is 29.8 Å². The van der Waals surface area contributed by atoms with Crippen molar-refractivity contribution in [2.24, 2.45) is 0 Å². The molecule has 0 bridgehead atoms. The first kappa shape index (κ1) is 8.69. The fraction of sp³-hybridized carbons (Fsp3) is 0.0909. The van der Waals surface area contributed by atoms with E-state index in [1.54, 1.807) is 18.3 Å². The number of benzene rings is 1. The predicted molar refractivity (Wildman–Crippen MR) is 52.9 cm³/mol. The fourth-order valence-electron chi connectivity index (χ4n) is 1.30. The van der Waals surface area contributed by atoms with Gasteiger partial charge < -0.3 is 5.11 Å². The molecule has 3 nitrogen and oxygen atoms in total. The first-order chi connectivity index (χ1) is 6.84. The van der Waals surface area contributed by atoms with Crippen LogP contribution >= 0.6 is 0 Å². The number of rotatable bonds is 2. The van der Waals surface area contributed by atoms with Gasteiger partial charge in [-0.3, -0.25) is 0 Å². The summed E-state index contributed by atoms with van der Waals surface area (Å²) in [6.45, 7) is 0. The van der Waals surface area contributed by atoms with Gasteiger partial charge in [-0.2, -0.15) is 10.2 Å². The number of nitrogens with zero attached hydrogens (tertiary/aromatic N) is 2. The predicted octanol–water partition coefficient (Wildman–Crippen LogP) is 1.77. The Morgan fingerprint density at radius 3 is 2.79 bits per heavy atom. The Kier molecular flexibility index (Phi) is 2.40. The SMILES string of the molecule is Oc1cccc(Cc2cccnn2)c1. The van der Waals surface area contributed by atoms with Crippen molar-refractivity contribution >= 4 is 0 Å². The van der Waals surface area contributed by atoms with Crippen LogP contribution in [0.5, 0.6) is 5.75 Å². The van der Waals surface area contributed by atoms with Gasteiger partial charge in [-0.15, -0.1) is 0 Å². The third-order valence-corrected chi connectivity index (χ3v) is 1.92. The van der Waals surface area contributed by atoms with Crippen LogP contribution < -0.4 is 0 Å². The van der Waals surface area contributed by atoms with Crippen LogP contribution in [0.15, 0.2) is 42.6 Å². The Morgan fingerprint density at radius 1 is 1.14 bits per heavy atom. The molecule has 0 unspecified atom stereocenters. The van der Waals surface area contributed by atoms with Crippen molar-refractivity contribution < 1.29 is 5.11 Å². The topological polar surface area (TPSA) is 46.0 Å². The molecule has 0 saturated carbocycles. The van der Waals surface area contributed by atoms with Crippen LogP contribution in [0.2, 0.25) is 0 Å². The molecular formula is C11H10N2O. The van der Waals surface area contributed by atoms with E-state index >= 15 is 0 Å². The highest BCUT2D eigenvalue weighted by atomic mass is 16.3. The zero-order valence-corrected chi connectivity index (χ0v) is 7.59. The zero-order valence-electron chi connectivity index (χ0n) is 7.59. The summed E-state index contributed by atoms with van der Waals surface area (Å²) in [5, 5.41) is 17.0. The van der Waals surface area contributed by atoms with Crippen LogP contribution in [0.3, 0.4) is 0 Å². The number of aromatic hydroxyl groups is 1. The van der Waals surface area contributed by atoms with Gasteiger partial charge in [-0.1, -0.05) is 12.1 Å². The number of hydrogen-bond acceptors (Lipinski definition) is 3. The molecule has 0 spiro atoms. The monoisotopic (exact) mass is 186 g/mol. The molecule has 3 heteroatoms. The van der Waals surface area contributed by atoms with Crippen molar-refractivity contribution in [3.63, 3.8) is 0 Å². The summed E-state index contributed by atoms with van der Waals surface area (Å²) in [5.41, 5.74) is 1.93. The Labute approximate surface area is 82.1 Å². The summed E-state index contributed by atoms with van der Waals surface area (Å²) < 4.78 is 0. The smallest absolute Gasteiger partial charge is 0.115 e. The van der Waals surface area contributed by atoms with Crippen molar-refractivity contribution in [1.29, 1.82) is 0 Å². The lowest BCUT2D eigenvalue weighted by Gasteiger charge is -2.00. The summed E-state index contributed by atoms with van der Waals surface area (Å²) in [6, 6.07) is 10.9. The molecule has 0 amide bonds. The highest BCUT2D eigenvalue weighted by molar-refractivity contribution is 5.29. The van der Waals surface area contributed by atoms with E-state index < -0.39 is 0 Å². The largest absolute Gasteiger partial charge is 0.508 e. The second-order valence-electron chi connectivity index (χ2n) is 3.06. The first-order valence-corrected chi connectivity index (χ1v) is 4.39. The molecule has 0 atom stereocenters. The average Bonchev–Trinajstić information content (AvgIpc) is 2.19. The van der Waals surface area contributed by atoms with Gasteiger partial charge in [-0.25, -0.2) is 0 Å². The van der Waals surface area contributed by atoms with Crippen molar-refractivity contribution in [3.05, 3.63) is 53.9 Å². The number of phenolic OH excluding ortho intramolecular Hbond substituents is 1. The maximum atomic E-state index is 9.26. The third kappa shape index (κ3) is 2.07. The van der Waals surface area contributed by atoms with Crippen molar-refractivity contribution in [3.8, 4) is 5.75 Å². The summed E-state index contributed by atoms with van der Waals surface area (Å²) in [5.74, 6) is 0.284. The first-order valence-electron chi connectivity index (χ1n) is 4.39. The van der Waals surface area contributed by atoms with Gasteiger partial charge in [0.2, 0.25) is 0 Å². The molecule has 0 aliphatic heterocycles. The molecule has 1 aromatic carbocycles. The molecule has 0 aliphatic rings. The van der Waals surface area contributed by atoms with Crippen LogP contribution in [0.1, 0.15) is 11.3 Å². The van der Waals surface area contributed by atoms with Crippen LogP contribution in [0, 0.1) is 0 Å². The molecule has 1 aromatic heterocycles. The minimum Gasteiger partial charge on any atom is -0.508 e. The normalized spacial score (nSPS) is 10.0. The molecule has 1 N–H and O–H groups in total. The maximum absolute atomic E-state index is 9.26. The van der Waals surface area contributed by atoms with Gasteiger partial charge in [0, 0.05) is 12.6 Å². The quantitative estimate of drug-likeness (QED) is 0.777. The summed E-state index contributed by atoms with van der Waals surface area (Å²) in [7, 11) is 0. The van der Waals surface area contributed by atoms with E-state index in [0.29, 0.717) is 6.42 Å². The van der Waals surface area contributed by atoms with E-state index in [2.05, 4.69) is 10.2 Å². The third-order valence-electron chi connectivity index (χ3n) is 1.92.